The maximum absolute atomic E-state index is 13.8. The number of anilines is 1. The zero-order valence-electron chi connectivity index (χ0n) is 18.7. The van der Waals surface area contributed by atoms with E-state index in [1.165, 1.54) is 24.1 Å². The van der Waals surface area contributed by atoms with Gasteiger partial charge in [-0.25, -0.2) is 14.8 Å². The van der Waals surface area contributed by atoms with Crippen LogP contribution < -0.4 is 10.5 Å². The molecule has 34 heavy (non-hydrogen) atoms. The lowest BCUT2D eigenvalue weighted by molar-refractivity contribution is -0.137. The van der Waals surface area contributed by atoms with Crippen LogP contribution in [0.25, 0.3) is 10.8 Å². The molecule has 0 aliphatic heterocycles. The molecule has 0 aliphatic carbocycles. The minimum absolute atomic E-state index is 0.0313. The molecule has 8 nitrogen and oxygen atoms in total. The van der Waals surface area contributed by atoms with E-state index in [1.807, 2.05) is 24.3 Å². The Morgan fingerprint density at radius 3 is 2.74 bits per heavy atom. The summed E-state index contributed by atoms with van der Waals surface area (Å²) in [5.74, 6) is -0.580. The van der Waals surface area contributed by atoms with Crippen molar-refractivity contribution in [2.75, 3.05) is 18.3 Å². The molecule has 3 aromatic rings. The minimum atomic E-state index is -0.556. The van der Waals surface area contributed by atoms with Crippen molar-refractivity contribution in [3.8, 4) is 0 Å². The molecule has 1 heterocycles. The molecule has 0 unspecified atom stereocenters. The third-order valence-corrected chi connectivity index (χ3v) is 5.64. The second-order valence-electron chi connectivity index (χ2n) is 7.57. The predicted octanol–water partition coefficient (Wildman–Crippen LogP) is 3.62. The van der Waals surface area contributed by atoms with Crippen LogP contribution in [0, 0.1) is 5.82 Å². The van der Waals surface area contributed by atoms with Gasteiger partial charge in [-0.3, -0.25) is 19.4 Å². The van der Waals surface area contributed by atoms with Crippen molar-refractivity contribution < 1.29 is 23.9 Å². The highest BCUT2D eigenvalue weighted by Crippen LogP contribution is 2.21. The number of halogens is 2. The van der Waals surface area contributed by atoms with Gasteiger partial charge in [0, 0.05) is 31.7 Å². The van der Waals surface area contributed by atoms with Crippen LogP contribution in [0.2, 0.25) is 5.02 Å². The van der Waals surface area contributed by atoms with Gasteiger partial charge in [0.05, 0.1) is 17.7 Å². The fraction of sp³-hybridized carbons (Fsp3) is 0.292. The van der Waals surface area contributed by atoms with Crippen LogP contribution in [0.1, 0.15) is 25.3 Å². The van der Waals surface area contributed by atoms with Gasteiger partial charge in [0.15, 0.2) is 5.82 Å². The number of carbonyl (C=O) groups is 2. The van der Waals surface area contributed by atoms with E-state index in [-0.39, 0.29) is 30.7 Å². The molecule has 1 atom stereocenters. The molecule has 2 aromatic carbocycles. The van der Waals surface area contributed by atoms with E-state index in [4.69, 9.17) is 16.4 Å². The maximum Gasteiger partial charge on any atom is 0.239 e. The number of rotatable bonds is 12. The van der Waals surface area contributed by atoms with Gasteiger partial charge in [0.25, 0.3) is 0 Å². The number of hydrogen-bond acceptors (Lipinski definition) is 6. The molecule has 2 N–H and O–H groups in total. The monoisotopic (exact) mass is 488 g/mol. The molecule has 1 aromatic heterocycles. The van der Waals surface area contributed by atoms with E-state index in [0.29, 0.717) is 30.6 Å². The van der Waals surface area contributed by atoms with Gasteiger partial charge in [0.2, 0.25) is 12.3 Å². The molecule has 0 saturated carbocycles. The maximum atomic E-state index is 13.8. The second-order valence-corrected chi connectivity index (χ2v) is 7.95. The molecular formula is C24H26ClFN4O4. The number of fused-ring (bicyclic) bond motifs is 1. The number of pyridine rings is 1. The summed E-state index contributed by atoms with van der Waals surface area (Å²) in [5, 5.41) is 13.4. The Kier molecular flexibility index (Phi) is 9.29. The second kappa shape index (κ2) is 12.4. The lowest BCUT2D eigenvalue weighted by atomic mass is 10.1. The number of hydroxylamine groups is 1. The average Bonchev–Trinajstić information content (AvgIpc) is 2.84. The lowest BCUT2D eigenvalue weighted by Gasteiger charge is -2.32. The molecule has 2 amide bonds. The van der Waals surface area contributed by atoms with Gasteiger partial charge in [-0.2, -0.15) is 5.06 Å². The smallest absolute Gasteiger partial charge is 0.239 e. The van der Waals surface area contributed by atoms with Gasteiger partial charge in [0.1, 0.15) is 5.82 Å². The summed E-state index contributed by atoms with van der Waals surface area (Å²) in [5.41, 5.74) is 3.44. The average molecular weight is 489 g/mol. The molecule has 0 aliphatic rings. The number of hydrazine groups is 1. The number of aliphatic hydroxyl groups excluding tert-OH is 1. The molecule has 0 fully saturated rings. The highest BCUT2D eigenvalue weighted by Gasteiger charge is 2.23. The van der Waals surface area contributed by atoms with E-state index in [1.54, 1.807) is 18.3 Å². The molecular weight excluding hydrogens is 463 g/mol. The third-order valence-electron chi connectivity index (χ3n) is 5.22. The van der Waals surface area contributed by atoms with Crippen molar-refractivity contribution in [2.45, 2.75) is 32.4 Å². The van der Waals surface area contributed by atoms with Crippen molar-refractivity contribution in [2.24, 2.45) is 0 Å². The van der Waals surface area contributed by atoms with Crippen LogP contribution in [-0.2, 0) is 21.0 Å². The van der Waals surface area contributed by atoms with E-state index < -0.39 is 11.9 Å². The highest BCUT2D eigenvalue weighted by molar-refractivity contribution is 6.31. The van der Waals surface area contributed by atoms with Crippen molar-refractivity contribution in [1.29, 1.82) is 0 Å². The van der Waals surface area contributed by atoms with E-state index in [9.17, 15) is 19.1 Å². The molecule has 0 radical (unpaired) electrons. The van der Waals surface area contributed by atoms with Crippen LogP contribution in [-0.4, -0.2) is 46.7 Å². The Bertz CT molecular complexity index is 1130. The normalized spacial score (nSPS) is 11.9. The van der Waals surface area contributed by atoms with Gasteiger partial charge < -0.3 is 5.11 Å². The molecule has 0 spiro atoms. The Morgan fingerprint density at radius 1 is 1.26 bits per heavy atom. The molecule has 3 rings (SSSR count). The van der Waals surface area contributed by atoms with Crippen LogP contribution in [0.15, 0.2) is 54.7 Å². The first-order chi connectivity index (χ1) is 16.4. The summed E-state index contributed by atoms with van der Waals surface area (Å²) in [4.78, 5) is 34.1. The number of hydrogen-bond donors (Lipinski definition) is 2. The van der Waals surface area contributed by atoms with Crippen LogP contribution in [0.5, 0.6) is 0 Å². The fourth-order valence-corrected chi connectivity index (χ4v) is 3.67. The first-order valence-corrected chi connectivity index (χ1v) is 11.1. The summed E-state index contributed by atoms with van der Waals surface area (Å²) >= 11 is 6.02. The minimum Gasteiger partial charge on any atom is -0.396 e. The van der Waals surface area contributed by atoms with E-state index >= 15 is 0 Å². The zero-order valence-corrected chi connectivity index (χ0v) is 19.4. The lowest BCUT2D eigenvalue weighted by Crippen LogP contribution is -2.51. The quantitative estimate of drug-likeness (QED) is 0.299. The Morgan fingerprint density at radius 2 is 2.03 bits per heavy atom. The molecule has 180 valence electrons. The SMILES string of the molecule is CC(=O)N(NCc1cccc(F)c1Cl)[C@@H](CCCO)CON(C=O)c1cc2ccccc2cn1. The van der Waals surface area contributed by atoms with E-state index in [0.717, 1.165) is 15.8 Å². The first kappa shape index (κ1) is 25.5. The highest BCUT2D eigenvalue weighted by atomic mass is 35.5. The number of amides is 2. The van der Waals surface area contributed by atoms with Gasteiger partial charge >= 0.3 is 0 Å². The summed E-state index contributed by atoms with van der Waals surface area (Å²) in [6.07, 6.45) is 2.92. The first-order valence-electron chi connectivity index (χ1n) is 10.7. The van der Waals surface area contributed by atoms with Crippen molar-refractivity contribution in [1.82, 2.24) is 15.4 Å². The Hall–Kier alpha value is -3.11. The van der Waals surface area contributed by atoms with Crippen molar-refractivity contribution in [3.63, 3.8) is 0 Å². The topological polar surface area (TPSA) is 95.0 Å². The van der Waals surface area contributed by atoms with Crippen molar-refractivity contribution in [3.05, 3.63) is 71.1 Å². The number of nitrogens with one attached hydrogen (secondary N) is 1. The Labute approximate surface area is 201 Å². The van der Waals surface area contributed by atoms with Gasteiger partial charge in [-0.1, -0.05) is 48.0 Å². The standard InChI is InChI=1S/C24H26ClFN4O4/c1-17(33)30(28-14-20-8-4-10-22(26)24(20)25)21(9-5-11-31)15-34-29(16-32)23-12-18-6-2-3-7-19(18)13-27-23/h2-4,6-8,10,12-13,16,21,28,31H,5,9,11,14-15H2,1H3/t21-/m0/s1. The molecule has 10 heteroatoms. The largest absolute Gasteiger partial charge is 0.396 e. The number of aliphatic hydroxyl groups is 1. The van der Waals surface area contributed by atoms with Crippen LogP contribution in [0.4, 0.5) is 10.2 Å². The zero-order chi connectivity index (χ0) is 24.5. The van der Waals surface area contributed by atoms with Crippen LogP contribution >= 0.6 is 11.6 Å². The number of carbonyl (C=O) groups excluding carboxylic acids is 2. The number of benzene rings is 2. The molecule has 0 bridgehead atoms. The summed E-state index contributed by atoms with van der Waals surface area (Å²) in [6.45, 7) is 1.32. The summed E-state index contributed by atoms with van der Waals surface area (Å²) in [7, 11) is 0. The van der Waals surface area contributed by atoms with Crippen LogP contribution in [0.3, 0.4) is 0 Å². The Balaban J connectivity index is 1.74. The van der Waals surface area contributed by atoms with E-state index in [2.05, 4.69) is 10.4 Å². The molecule has 0 saturated heterocycles. The van der Waals surface area contributed by atoms with Gasteiger partial charge in [-0.15, -0.1) is 0 Å². The van der Waals surface area contributed by atoms with Crippen molar-refractivity contribution >= 4 is 40.5 Å². The number of aromatic nitrogens is 1. The number of nitrogens with zero attached hydrogens (tertiary/aromatic N) is 3. The third kappa shape index (κ3) is 6.48. The summed E-state index contributed by atoms with van der Waals surface area (Å²) < 4.78 is 13.8. The summed E-state index contributed by atoms with van der Waals surface area (Å²) in [6, 6.07) is 13.2. The fourth-order valence-electron chi connectivity index (χ4n) is 3.48. The predicted molar refractivity (Wildman–Crippen MR) is 127 cm³/mol. The van der Waals surface area contributed by atoms with Gasteiger partial charge in [-0.05, 0) is 35.9 Å².